The lowest BCUT2D eigenvalue weighted by Crippen LogP contribution is -2.52. The first-order valence-corrected chi connectivity index (χ1v) is 7.38. The third-order valence-electron chi connectivity index (χ3n) is 4.10. The first kappa shape index (κ1) is 13.8. The standard InChI is InChI=1S/C16H20N4O/c17-16(9-4-1-5-10-16)15(21)19-13-7-2-3-8-14(13)20-12-6-11-18-20/h2-3,6-8,11-12H,1,4-5,9-10,17H2,(H,19,21). The van der Waals surface area contributed by atoms with Crippen molar-refractivity contribution < 1.29 is 4.79 Å². The molecule has 1 heterocycles. The largest absolute Gasteiger partial charge is 0.323 e. The van der Waals surface area contributed by atoms with Gasteiger partial charge in [0.2, 0.25) is 5.91 Å². The fourth-order valence-corrected chi connectivity index (χ4v) is 2.85. The number of carbonyl (C=O) groups is 1. The van der Waals surface area contributed by atoms with Crippen LogP contribution in [0.4, 0.5) is 5.69 Å². The number of para-hydroxylation sites is 2. The molecule has 1 aliphatic rings. The SMILES string of the molecule is NC1(C(=O)Nc2ccccc2-n2cccn2)CCCCC1. The van der Waals surface area contributed by atoms with E-state index in [0.29, 0.717) is 0 Å². The van der Waals surface area contributed by atoms with Gasteiger partial charge in [-0.25, -0.2) is 4.68 Å². The summed E-state index contributed by atoms with van der Waals surface area (Å²) in [6, 6.07) is 9.47. The van der Waals surface area contributed by atoms with E-state index in [2.05, 4.69) is 10.4 Å². The number of benzene rings is 1. The molecule has 1 amide bonds. The number of hydrogen-bond donors (Lipinski definition) is 2. The molecule has 0 unspecified atom stereocenters. The van der Waals surface area contributed by atoms with Crippen molar-refractivity contribution >= 4 is 11.6 Å². The molecule has 0 radical (unpaired) electrons. The number of hydrogen-bond acceptors (Lipinski definition) is 3. The van der Waals surface area contributed by atoms with Crippen molar-refractivity contribution in [3.05, 3.63) is 42.7 Å². The van der Waals surface area contributed by atoms with Crippen LogP contribution in [-0.2, 0) is 4.79 Å². The Morgan fingerprint density at radius 3 is 2.67 bits per heavy atom. The van der Waals surface area contributed by atoms with Crippen LogP contribution in [0, 0.1) is 0 Å². The van der Waals surface area contributed by atoms with Crippen LogP contribution in [0.2, 0.25) is 0 Å². The zero-order valence-electron chi connectivity index (χ0n) is 12.0. The Bertz CT molecular complexity index is 615. The molecule has 0 bridgehead atoms. The Hall–Kier alpha value is -2.14. The lowest BCUT2D eigenvalue weighted by Gasteiger charge is -2.32. The number of amides is 1. The third-order valence-corrected chi connectivity index (χ3v) is 4.10. The molecule has 1 aliphatic carbocycles. The zero-order chi connectivity index (χ0) is 14.7. The van der Waals surface area contributed by atoms with Crippen LogP contribution in [0.1, 0.15) is 32.1 Å². The van der Waals surface area contributed by atoms with Crippen LogP contribution in [-0.4, -0.2) is 21.2 Å². The summed E-state index contributed by atoms with van der Waals surface area (Å²) in [7, 11) is 0. The number of carbonyl (C=O) groups excluding carboxylic acids is 1. The van der Waals surface area contributed by atoms with Gasteiger partial charge in [0, 0.05) is 12.4 Å². The Labute approximate surface area is 124 Å². The molecule has 1 saturated carbocycles. The first-order valence-electron chi connectivity index (χ1n) is 7.38. The average Bonchev–Trinajstić information content (AvgIpc) is 3.02. The van der Waals surface area contributed by atoms with Crippen LogP contribution in [0.15, 0.2) is 42.7 Å². The third kappa shape index (κ3) is 2.83. The van der Waals surface area contributed by atoms with Crippen molar-refractivity contribution in [2.75, 3.05) is 5.32 Å². The highest BCUT2D eigenvalue weighted by Gasteiger charge is 2.35. The van der Waals surface area contributed by atoms with E-state index in [0.717, 1.165) is 43.5 Å². The summed E-state index contributed by atoms with van der Waals surface area (Å²) in [6.45, 7) is 0. The molecule has 5 nitrogen and oxygen atoms in total. The highest BCUT2D eigenvalue weighted by Crippen LogP contribution is 2.28. The molecule has 1 fully saturated rings. The monoisotopic (exact) mass is 284 g/mol. The highest BCUT2D eigenvalue weighted by molar-refractivity contribution is 5.99. The predicted molar refractivity (Wildman–Crippen MR) is 82.2 cm³/mol. The fraction of sp³-hybridized carbons (Fsp3) is 0.375. The van der Waals surface area contributed by atoms with Crippen LogP contribution < -0.4 is 11.1 Å². The number of rotatable bonds is 3. The minimum atomic E-state index is -0.741. The normalized spacial score (nSPS) is 17.4. The van der Waals surface area contributed by atoms with E-state index >= 15 is 0 Å². The average molecular weight is 284 g/mol. The molecule has 0 spiro atoms. The lowest BCUT2D eigenvalue weighted by atomic mass is 9.82. The molecule has 3 N–H and O–H groups in total. The second kappa shape index (κ2) is 5.69. The molecule has 1 aromatic carbocycles. The fourth-order valence-electron chi connectivity index (χ4n) is 2.85. The van der Waals surface area contributed by atoms with Crippen LogP contribution in [0.25, 0.3) is 5.69 Å². The van der Waals surface area contributed by atoms with Gasteiger partial charge >= 0.3 is 0 Å². The van der Waals surface area contributed by atoms with E-state index in [-0.39, 0.29) is 5.91 Å². The Morgan fingerprint density at radius 1 is 1.19 bits per heavy atom. The Balaban J connectivity index is 1.83. The summed E-state index contributed by atoms with van der Waals surface area (Å²) in [5.41, 5.74) is 7.12. The molecule has 0 atom stereocenters. The van der Waals surface area contributed by atoms with E-state index in [1.54, 1.807) is 10.9 Å². The van der Waals surface area contributed by atoms with E-state index in [4.69, 9.17) is 5.73 Å². The summed E-state index contributed by atoms with van der Waals surface area (Å²) in [5.74, 6) is -0.0955. The zero-order valence-corrected chi connectivity index (χ0v) is 12.0. The van der Waals surface area contributed by atoms with Crippen LogP contribution in [0.3, 0.4) is 0 Å². The molecule has 3 rings (SSSR count). The van der Waals surface area contributed by atoms with Gasteiger partial charge in [0.25, 0.3) is 0 Å². The van der Waals surface area contributed by atoms with E-state index < -0.39 is 5.54 Å². The molecule has 2 aromatic rings. The number of nitrogens with two attached hydrogens (primary N) is 1. The van der Waals surface area contributed by atoms with E-state index in [1.165, 1.54) is 0 Å². The van der Waals surface area contributed by atoms with Gasteiger partial charge in [-0.2, -0.15) is 5.10 Å². The predicted octanol–water partition coefficient (Wildman–Crippen LogP) is 2.47. The summed E-state index contributed by atoms with van der Waals surface area (Å²) in [6.07, 6.45) is 8.27. The van der Waals surface area contributed by atoms with Gasteiger partial charge in [-0.05, 0) is 31.0 Å². The van der Waals surface area contributed by atoms with Gasteiger partial charge in [-0.1, -0.05) is 31.4 Å². The molecule has 0 aliphatic heterocycles. The first-order chi connectivity index (χ1) is 10.2. The molecular formula is C16H20N4O. The van der Waals surface area contributed by atoms with Gasteiger partial charge in [-0.3, -0.25) is 4.79 Å². The van der Waals surface area contributed by atoms with Crippen molar-refractivity contribution in [1.82, 2.24) is 9.78 Å². The topological polar surface area (TPSA) is 72.9 Å². The molecule has 21 heavy (non-hydrogen) atoms. The Morgan fingerprint density at radius 2 is 1.95 bits per heavy atom. The van der Waals surface area contributed by atoms with Gasteiger partial charge in [0.15, 0.2) is 0 Å². The second-order valence-corrected chi connectivity index (χ2v) is 5.64. The lowest BCUT2D eigenvalue weighted by molar-refractivity contribution is -0.122. The van der Waals surface area contributed by atoms with Crippen molar-refractivity contribution in [3.8, 4) is 5.69 Å². The van der Waals surface area contributed by atoms with Crippen molar-refractivity contribution in [2.45, 2.75) is 37.6 Å². The van der Waals surface area contributed by atoms with E-state index in [1.807, 2.05) is 36.5 Å². The number of anilines is 1. The van der Waals surface area contributed by atoms with Crippen LogP contribution >= 0.6 is 0 Å². The minimum absolute atomic E-state index is 0.0955. The number of nitrogens with one attached hydrogen (secondary N) is 1. The van der Waals surface area contributed by atoms with Gasteiger partial charge in [-0.15, -0.1) is 0 Å². The van der Waals surface area contributed by atoms with Gasteiger partial charge in [0.05, 0.1) is 16.9 Å². The number of aromatic nitrogens is 2. The highest BCUT2D eigenvalue weighted by atomic mass is 16.2. The Kier molecular flexibility index (Phi) is 3.75. The summed E-state index contributed by atoms with van der Waals surface area (Å²) in [5, 5.41) is 7.20. The van der Waals surface area contributed by atoms with Crippen molar-refractivity contribution in [2.24, 2.45) is 5.73 Å². The van der Waals surface area contributed by atoms with Gasteiger partial charge in [0.1, 0.15) is 0 Å². The number of nitrogens with zero attached hydrogens (tertiary/aromatic N) is 2. The summed E-state index contributed by atoms with van der Waals surface area (Å²) in [4.78, 5) is 12.5. The second-order valence-electron chi connectivity index (χ2n) is 5.64. The quantitative estimate of drug-likeness (QED) is 0.909. The molecule has 5 heteroatoms. The maximum Gasteiger partial charge on any atom is 0.244 e. The molecular weight excluding hydrogens is 264 g/mol. The van der Waals surface area contributed by atoms with Crippen molar-refractivity contribution in [3.63, 3.8) is 0 Å². The smallest absolute Gasteiger partial charge is 0.244 e. The molecule has 110 valence electrons. The molecule has 1 aromatic heterocycles. The molecule has 0 saturated heterocycles. The maximum absolute atomic E-state index is 12.5. The maximum atomic E-state index is 12.5. The van der Waals surface area contributed by atoms with Crippen LogP contribution in [0.5, 0.6) is 0 Å². The van der Waals surface area contributed by atoms with E-state index in [9.17, 15) is 4.79 Å². The summed E-state index contributed by atoms with van der Waals surface area (Å²) >= 11 is 0. The minimum Gasteiger partial charge on any atom is -0.323 e. The van der Waals surface area contributed by atoms with Crippen molar-refractivity contribution in [1.29, 1.82) is 0 Å². The van der Waals surface area contributed by atoms with Gasteiger partial charge < -0.3 is 11.1 Å². The summed E-state index contributed by atoms with van der Waals surface area (Å²) < 4.78 is 1.74.